The second-order valence-corrected chi connectivity index (χ2v) is 8.04. The zero-order valence-electron chi connectivity index (χ0n) is 17.2. The van der Waals surface area contributed by atoms with Crippen molar-refractivity contribution in [2.75, 3.05) is 18.0 Å². The van der Waals surface area contributed by atoms with Crippen LogP contribution in [0.3, 0.4) is 0 Å². The molecule has 3 aromatic heterocycles. The first-order valence-electron chi connectivity index (χ1n) is 10.2. The van der Waals surface area contributed by atoms with Crippen LogP contribution in [0, 0.1) is 0 Å². The predicted molar refractivity (Wildman–Crippen MR) is 117 cm³/mol. The largest absolute Gasteiger partial charge is 0.370 e. The van der Waals surface area contributed by atoms with Crippen molar-refractivity contribution in [3.8, 4) is 22.3 Å². The second kappa shape index (κ2) is 7.23. The van der Waals surface area contributed by atoms with Gasteiger partial charge in [-0.2, -0.15) is 10.2 Å². The van der Waals surface area contributed by atoms with E-state index in [1.165, 1.54) is 0 Å². The molecule has 1 saturated heterocycles. The van der Waals surface area contributed by atoms with Crippen molar-refractivity contribution in [2.24, 2.45) is 12.8 Å². The monoisotopic (exact) mass is 418 g/mol. The number of hydrogen-bond donors (Lipinski definition) is 1. The van der Waals surface area contributed by atoms with Gasteiger partial charge in [-0.1, -0.05) is 24.3 Å². The van der Waals surface area contributed by atoms with E-state index in [1.807, 2.05) is 48.5 Å². The topological polar surface area (TPSA) is 81.5 Å². The smallest absolute Gasteiger partial charge is 0.255 e. The fourth-order valence-electron chi connectivity index (χ4n) is 4.25. The van der Waals surface area contributed by atoms with E-state index in [1.54, 1.807) is 4.68 Å². The summed E-state index contributed by atoms with van der Waals surface area (Å²) in [6, 6.07) is 12.2. The SMILES string of the molecule is Cn1cc(-c2ccc(-c3cnn4cccc(N5CCC(F)(C(N)=O)CC5)c34)cc2)cn1. The van der Waals surface area contributed by atoms with Gasteiger partial charge in [-0.25, -0.2) is 8.91 Å². The third-order valence-corrected chi connectivity index (χ3v) is 6.09. The first-order chi connectivity index (χ1) is 14.9. The fourth-order valence-corrected chi connectivity index (χ4v) is 4.25. The Kier molecular flexibility index (Phi) is 4.50. The molecule has 31 heavy (non-hydrogen) atoms. The molecule has 0 aliphatic carbocycles. The number of aromatic nitrogens is 4. The summed E-state index contributed by atoms with van der Waals surface area (Å²) in [6.07, 6.45) is 7.76. The maximum Gasteiger partial charge on any atom is 0.255 e. The minimum absolute atomic E-state index is 0.0899. The predicted octanol–water partition coefficient (Wildman–Crippen LogP) is 3.20. The average Bonchev–Trinajstić information content (AvgIpc) is 3.41. The van der Waals surface area contributed by atoms with E-state index >= 15 is 0 Å². The highest BCUT2D eigenvalue weighted by Gasteiger charge is 2.40. The normalized spacial score (nSPS) is 16.0. The summed E-state index contributed by atoms with van der Waals surface area (Å²) in [6.45, 7) is 0.841. The Balaban J connectivity index is 1.49. The van der Waals surface area contributed by atoms with E-state index in [-0.39, 0.29) is 12.8 Å². The number of benzene rings is 1. The Hall–Kier alpha value is -3.68. The van der Waals surface area contributed by atoms with Crippen molar-refractivity contribution in [3.63, 3.8) is 0 Å². The Bertz CT molecular complexity index is 1250. The number of alkyl halides is 1. The van der Waals surface area contributed by atoms with Crippen LogP contribution in [0.4, 0.5) is 10.1 Å². The van der Waals surface area contributed by atoms with Gasteiger partial charge < -0.3 is 10.6 Å². The molecule has 1 aromatic carbocycles. The molecule has 0 atom stereocenters. The molecule has 7 nitrogen and oxygen atoms in total. The van der Waals surface area contributed by atoms with Gasteiger partial charge in [-0.15, -0.1) is 0 Å². The number of carbonyl (C=O) groups excluding carboxylic acids is 1. The highest BCUT2D eigenvalue weighted by molar-refractivity contribution is 5.91. The number of amides is 1. The molecule has 8 heteroatoms. The van der Waals surface area contributed by atoms with Crippen LogP contribution in [0.5, 0.6) is 0 Å². The number of rotatable bonds is 4. The zero-order valence-corrected chi connectivity index (χ0v) is 17.2. The van der Waals surface area contributed by atoms with Crippen molar-refractivity contribution in [1.82, 2.24) is 19.4 Å². The third-order valence-electron chi connectivity index (χ3n) is 6.09. The van der Waals surface area contributed by atoms with Gasteiger partial charge in [0, 0.05) is 56.5 Å². The minimum atomic E-state index is -1.92. The Labute approximate surface area is 178 Å². The number of nitrogens with zero attached hydrogens (tertiary/aromatic N) is 5. The molecule has 0 spiro atoms. The quantitative estimate of drug-likeness (QED) is 0.552. The van der Waals surface area contributed by atoms with Gasteiger partial charge in [-0.05, 0) is 23.3 Å². The van der Waals surface area contributed by atoms with Gasteiger partial charge in [0.1, 0.15) is 0 Å². The summed E-state index contributed by atoms with van der Waals surface area (Å²) in [5.41, 5.74) is 9.47. The molecule has 1 fully saturated rings. The number of halogens is 1. The summed E-state index contributed by atoms with van der Waals surface area (Å²) < 4.78 is 18.3. The molecular weight excluding hydrogens is 395 g/mol. The number of piperidine rings is 1. The van der Waals surface area contributed by atoms with Crippen LogP contribution in [0.1, 0.15) is 12.8 Å². The molecule has 1 aliphatic rings. The fraction of sp³-hybridized carbons (Fsp3) is 0.261. The number of hydrogen-bond acceptors (Lipinski definition) is 4. The zero-order chi connectivity index (χ0) is 21.6. The van der Waals surface area contributed by atoms with Gasteiger partial charge in [0.05, 0.1) is 23.6 Å². The molecule has 0 saturated carbocycles. The highest BCUT2D eigenvalue weighted by atomic mass is 19.1. The van der Waals surface area contributed by atoms with Crippen molar-refractivity contribution in [2.45, 2.75) is 18.5 Å². The van der Waals surface area contributed by atoms with Crippen LogP contribution < -0.4 is 10.6 Å². The third kappa shape index (κ3) is 3.34. The lowest BCUT2D eigenvalue weighted by atomic mass is 9.92. The highest BCUT2D eigenvalue weighted by Crippen LogP contribution is 2.36. The van der Waals surface area contributed by atoms with Gasteiger partial charge in [-0.3, -0.25) is 9.48 Å². The van der Waals surface area contributed by atoms with Crippen LogP contribution >= 0.6 is 0 Å². The summed E-state index contributed by atoms with van der Waals surface area (Å²) in [5.74, 6) is -0.871. The van der Waals surface area contributed by atoms with Crippen LogP contribution in [-0.2, 0) is 11.8 Å². The first kappa shape index (κ1) is 19.3. The molecule has 1 amide bonds. The van der Waals surface area contributed by atoms with E-state index in [0.29, 0.717) is 13.1 Å². The number of primary amides is 1. The maximum atomic E-state index is 14.6. The minimum Gasteiger partial charge on any atom is -0.370 e. The summed E-state index contributed by atoms with van der Waals surface area (Å²) in [5, 5.41) is 8.75. The van der Waals surface area contributed by atoms with Gasteiger partial charge >= 0.3 is 0 Å². The van der Waals surface area contributed by atoms with E-state index in [2.05, 4.69) is 39.4 Å². The number of anilines is 1. The molecular formula is C23H23FN6O. The summed E-state index contributed by atoms with van der Waals surface area (Å²) >= 11 is 0. The molecule has 1 aliphatic heterocycles. The number of fused-ring (bicyclic) bond motifs is 1. The lowest BCUT2D eigenvalue weighted by Gasteiger charge is -2.36. The molecule has 158 valence electrons. The lowest BCUT2D eigenvalue weighted by Crippen LogP contribution is -2.49. The molecule has 5 rings (SSSR count). The molecule has 2 N–H and O–H groups in total. The van der Waals surface area contributed by atoms with Crippen LogP contribution in [0.15, 0.2) is 61.2 Å². The van der Waals surface area contributed by atoms with E-state index in [9.17, 15) is 9.18 Å². The van der Waals surface area contributed by atoms with Gasteiger partial charge in [0.2, 0.25) is 0 Å². The number of carbonyl (C=O) groups is 1. The van der Waals surface area contributed by atoms with E-state index < -0.39 is 11.6 Å². The van der Waals surface area contributed by atoms with Gasteiger partial charge in [0.15, 0.2) is 5.67 Å². The Morgan fingerprint density at radius 2 is 1.74 bits per heavy atom. The number of nitrogens with two attached hydrogens (primary N) is 1. The van der Waals surface area contributed by atoms with Crippen LogP contribution in [0.2, 0.25) is 0 Å². The molecule has 0 bridgehead atoms. The van der Waals surface area contributed by atoms with Crippen molar-refractivity contribution < 1.29 is 9.18 Å². The molecule has 4 heterocycles. The molecule has 0 unspecified atom stereocenters. The second-order valence-electron chi connectivity index (χ2n) is 8.04. The first-order valence-corrected chi connectivity index (χ1v) is 10.2. The van der Waals surface area contributed by atoms with Gasteiger partial charge in [0.25, 0.3) is 5.91 Å². The molecule has 4 aromatic rings. The van der Waals surface area contributed by atoms with E-state index in [4.69, 9.17) is 5.73 Å². The summed E-state index contributed by atoms with van der Waals surface area (Å²) in [4.78, 5) is 13.6. The van der Waals surface area contributed by atoms with Crippen LogP contribution in [-0.4, -0.2) is 44.1 Å². The Morgan fingerprint density at radius 1 is 1.03 bits per heavy atom. The average molecular weight is 418 g/mol. The molecule has 0 radical (unpaired) electrons. The lowest BCUT2D eigenvalue weighted by molar-refractivity contribution is -0.130. The number of pyridine rings is 1. The maximum absolute atomic E-state index is 14.6. The van der Waals surface area contributed by atoms with Crippen LogP contribution in [0.25, 0.3) is 27.8 Å². The van der Waals surface area contributed by atoms with Crippen molar-refractivity contribution >= 4 is 17.1 Å². The Morgan fingerprint density at radius 3 is 2.39 bits per heavy atom. The van der Waals surface area contributed by atoms with E-state index in [0.717, 1.165) is 33.5 Å². The van der Waals surface area contributed by atoms with Crippen molar-refractivity contribution in [1.29, 1.82) is 0 Å². The summed E-state index contributed by atoms with van der Waals surface area (Å²) in [7, 11) is 1.90. The van der Waals surface area contributed by atoms with Crippen molar-refractivity contribution in [3.05, 3.63) is 61.2 Å². The standard InChI is InChI=1S/C23H23FN6O/c1-28-15-18(13-26-28)16-4-6-17(7-5-16)19-14-27-30-10-2-3-20(21(19)30)29-11-8-23(24,9-12-29)22(25)31/h2-7,10,13-15H,8-9,11-12H2,1H3,(H2,25,31). The number of aryl methyl sites for hydroxylation is 1.